The standard InChI is InChI=1S/C9H7NOS/c11-6-8-2-1-4-10(8)9-3-5-12-7-9/h1-7H. The van der Waals surface area contributed by atoms with E-state index in [1.165, 1.54) is 0 Å². The highest BCUT2D eigenvalue weighted by molar-refractivity contribution is 7.08. The number of carbonyl (C=O) groups excluding carboxylic acids is 1. The van der Waals surface area contributed by atoms with E-state index in [1.807, 2.05) is 33.7 Å². The Morgan fingerprint density at radius 3 is 3.00 bits per heavy atom. The summed E-state index contributed by atoms with van der Waals surface area (Å²) in [6.07, 6.45) is 2.74. The van der Waals surface area contributed by atoms with E-state index < -0.39 is 0 Å². The SMILES string of the molecule is O=Cc1cccn1-c1ccsc1. The molecule has 0 spiro atoms. The largest absolute Gasteiger partial charge is 0.313 e. The number of hydrogen-bond donors (Lipinski definition) is 0. The first-order chi connectivity index (χ1) is 5.92. The normalized spacial score (nSPS) is 10.0. The fraction of sp³-hybridized carbons (Fsp3) is 0. The van der Waals surface area contributed by atoms with Gasteiger partial charge in [-0.3, -0.25) is 4.79 Å². The molecule has 0 aliphatic heterocycles. The quantitative estimate of drug-likeness (QED) is 0.645. The second-order valence-corrected chi connectivity index (χ2v) is 3.18. The van der Waals surface area contributed by atoms with Crippen molar-refractivity contribution in [3.63, 3.8) is 0 Å². The molecule has 12 heavy (non-hydrogen) atoms. The van der Waals surface area contributed by atoms with Crippen molar-refractivity contribution >= 4 is 17.6 Å². The Balaban J connectivity index is 2.53. The fourth-order valence-corrected chi connectivity index (χ4v) is 1.75. The maximum atomic E-state index is 10.6. The molecule has 0 bridgehead atoms. The van der Waals surface area contributed by atoms with Crippen molar-refractivity contribution in [2.45, 2.75) is 0 Å². The Morgan fingerprint density at radius 1 is 1.42 bits per heavy atom. The van der Waals surface area contributed by atoms with Crippen molar-refractivity contribution in [1.29, 1.82) is 0 Å². The summed E-state index contributed by atoms with van der Waals surface area (Å²) < 4.78 is 1.86. The van der Waals surface area contributed by atoms with Crippen molar-refractivity contribution in [3.05, 3.63) is 40.8 Å². The van der Waals surface area contributed by atoms with Gasteiger partial charge in [0.15, 0.2) is 6.29 Å². The van der Waals surface area contributed by atoms with Crippen LogP contribution in [0.25, 0.3) is 5.69 Å². The van der Waals surface area contributed by atoms with Crippen molar-refractivity contribution in [2.75, 3.05) is 0 Å². The van der Waals surface area contributed by atoms with E-state index in [4.69, 9.17) is 0 Å². The van der Waals surface area contributed by atoms with Gasteiger partial charge in [-0.15, -0.1) is 0 Å². The minimum Gasteiger partial charge on any atom is -0.313 e. The van der Waals surface area contributed by atoms with Gasteiger partial charge in [-0.25, -0.2) is 0 Å². The highest BCUT2D eigenvalue weighted by atomic mass is 32.1. The summed E-state index contributed by atoms with van der Waals surface area (Å²) in [7, 11) is 0. The van der Waals surface area contributed by atoms with Gasteiger partial charge in [0, 0.05) is 11.6 Å². The highest BCUT2D eigenvalue weighted by Gasteiger charge is 2.00. The van der Waals surface area contributed by atoms with E-state index in [2.05, 4.69) is 0 Å². The molecule has 0 saturated carbocycles. The number of aldehydes is 1. The minimum absolute atomic E-state index is 0.688. The summed E-state index contributed by atoms with van der Waals surface area (Å²) in [6, 6.07) is 5.64. The molecule has 2 aromatic rings. The lowest BCUT2D eigenvalue weighted by Crippen LogP contribution is -1.94. The molecule has 0 radical (unpaired) electrons. The van der Waals surface area contributed by atoms with E-state index >= 15 is 0 Å². The van der Waals surface area contributed by atoms with Gasteiger partial charge >= 0.3 is 0 Å². The van der Waals surface area contributed by atoms with Crippen LogP contribution in [0.2, 0.25) is 0 Å². The summed E-state index contributed by atoms with van der Waals surface area (Å²) in [6.45, 7) is 0. The van der Waals surface area contributed by atoms with E-state index in [0.29, 0.717) is 5.69 Å². The molecule has 0 amide bonds. The first-order valence-electron chi connectivity index (χ1n) is 3.57. The molecule has 2 heterocycles. The Hall–Kier alpha value is -1.35. The van der Waals surface area contributed by atoms with Crippen LogP contribution in [0.4, 0.5) is 0 Å². The van der Waals surface area contributed by atoms with Crippen LogP contribution in [-0.2, 0) is 0 Å². The number of rotatable bonds is 2. The van der Waals surface area contributed by atoms with Gasteiger partial charge < -0.3 is 4.57 Å². The molecule has 0 atom stereocenters. The molecule has 60 valence electrons. The van der Waals surface area contributed by atoms with Crippen molar-refractivity contribution in [2.24, 2.45) is 0 Å². The lowest BCUT2D eigenvalue weighted by atomic mass is 10.4. The predicted molar refractivity (Wildman–Crippen MR) is 49.0 cm³/mol. The summed E-state index contributed by atoms with van der Waals surface area (Å²) >= 11 is 1.62. The Bertz CT molecular complexity index is 375. The number of aromatic nitrogens is 1. The van der Waals surface area contributed by atoms with Crippen molar-refractivity contribution in [1.82, 2.24) is 4.57 Å². The van der Waals surface area contributed by atoms with Crippen LogP contribution in [0.15, 0.2) is 35.2 Å². The average molecular weight is 177 g/mol. The maximum Gasteiger partial charge on any atom is 0.166 e. The zero-order valence-corrected chi connectivity index (χ0v) is 7.12. The van der Waals surface area contributed by atoms with E-state index in [1.54, 1.807) is 17.4 Å². The Kier molecular flexibility index (Phi) is 1.80. The van der Waals surface area contributed by atoms with Gasteiger partial charge in [-0.1, -0.05) is 0 Å². The van der Waals surface area contributed by atoms with Gasteiger partial charge in [-0.2, -0.15) is 11.3 Å². The van der Waals surface area contributed by atoms with Crippen LogP contribution in [0.3, 0.4) is 0 Å². The average Bonchev–Trinajstić information content (AvgIpc) is 2.74. The maximum absolute atomic E-state index is 10.6. The predicted octanol–water partition coefficient (Wildman–Crippen LogP) is 2.35. The van der Waals surface area contributed by atoms with Gasteiger partial charge in [0.05, 0.1) is 11.4 Å². The third-order valence-corrected chi connectivity index (χ3v) is 2.36. The monoisotopic (exact) mass is 177 g/mol. The third-order valence-electron chi connectivity index (χ3n) is 1.69. The third kappa shape index (κ3) is 1.08. The van der Waals surface area contributed by atoms with E-state index in [-0.39, 0.29) is 0 Å². The molecule has 2 aromatic heterocycles. The number of thiophene rings is 1. The Labute approximate surface area is 74.1 Å². The van der Waals surface area contributed by atoms with Crippen LogP contribution in [0.5, 0.6) is 0 Å². The Morgan fingerprint density at radius 2 is 2.33 bits per heavy atom. The first-order valence-corrected chi connectivity index (χ1v) is 4.51. The summed E-state index contributed by atoms with van der Waals surface area (Å²) in [5.41, 5.74) is 1.74. The molecule has 0 N–H and O–H groups in total. The minimum atomic E-state index is 0.688. The molecular formula is C9H7NOS. The zero-order valence-electron chi connectivity index (χ0n) is 6.31. The molecule has 0 saturated heterocycles. The molecule has 0 aromatic carbocycles. The highest BCUT2D eigenvalue weighted by Crippen LogP contribution is 2.14. The van der Waals surface area contributed by atoms with E-state index in [9.17, 15) is 4.79 Å². The zero-order chi connectivity index (χ0) is 8.39. The van der Waals surface area contributed by atoms with Crippen LogP contribution in [0.1, 0.15) is 10.5 Å². The number of hydrogen-bond acceptors (Lipinski definition) is 2. The lowest BCUT2D eigenvalue weighted by molar-refractivity contribution is 0.111. The van der Waals surface area contributed by atoms with Crippen molar-refractivity contribution in [3.8, 4) is 5.69 Å². The fourth-order valence-electron chi connectivity index (χ4n) is 1.12. The molecule has 0 fully saturated rings. The summed E-state index contributed by atoms with van der Waals surface area (Å²) in [4.78, 5) is 10.6. The molecule has 0 aliphatic rings. The number of carbonyl (C=O) groups is 1. The first kappa shape index (κ1) is 7.31. The van der Waals surface area contributed by atoms with Gasteiger partial charge in [-0.05, 0) is 23.6 Å². The summed E-state index contributed by atoms with van der Waals surface area (Å²) in [5.74, 6) is 0. The molecule has 2 nitrogen and oxygen atoms in total. The van der Waals surface area contributed by atoms with Crippen LogP contribution in [-0.4, -0.2) is 10.9 Å². The van der Waals surface area contributed by atoms with Crippen LogP contribution < -0.4 is 0 Å². The van der Waals surface area contributed by atoms with Crippen LogP contribution >= 0.6 is 11.3 Å². The molecule has 3 heteroatoms. The summed E-state index contributed by atoms with van der Waals surface area (Å²) in [5, 5.41) is 4.00. The lowest BCUT2D eigenvalue weighted by Gasteiger charge is -1.99. The van der Waals surface area contributed by atoms with Gasteiger partial charge in [0.1, 0.15) is 0 Å². The second kappa shape index (κ2) is 2.95. The molecule has 0 aliphatic carbocycles. The molecule has 0 unspecified atom stereocenters. The van der Waals surface area contributed by atoms with Crippen LogP contribution in [0, 0.1) is 0 Å². The second-order valence-electron chi connectivity index (χ2n) is 2.40. The van der Waals surface area contributed by atoms with Gasteiger partial charge in [0.2, 0.25) is 0 Å². The number of nitrogens with zero attached hydrogens (tertiary/aromatic N) is 1. The molecular weight excluding hydrogens is 170 g/mol. The topological polar surface area (TPSA) is 22.0 Å². The smallest absolute Gasteiger partial charge is 0.166 e. The molecule has 2 rings (SSSR count). The van der Waals surface area contributed by atoms with E-state index in [0.717, 1.165) is 12.0 Å². The van der Waals surface area contributed by atoms with Gasteiger partial charge in [0.25, 0.3) is 0 Å². The van der Waals surface area contributed by atoms with Crippen molar-refractivity contribution < 1.29 is 4.79 Å².